The zero-order valence-electron chi connectivity index (χ0n) is 14.1. The van der Waals surface area contributed by atoms with E-state index in [0.29, 0.717) is 30.4 Å². The molecule has 3 fully saturated rings. The normalized spacial score (nSPS) is 47.9. The number of aliphatic hydroxyl groups is 1. The number of carboxylic acid groups (broad SMARTS) is 2. The van der Waals surface area contributed by atoms with Crippen molar-refractivity contribution >= 4 is 17.7 Å². The van der Waals surface area contributed by atoms with Crippen LogP contribution in [0.2, 0.25) is 0 Å². The van der Waals surface area contributed by atoms with E-state index in [9.17, 15) is 29.7 Å². The van der Waals surface area contributed by atoms with Crippen molar-refractivity contribution in [2.45, 2.75) is 44.6 Å². The van der Waals surface area contributed by atoms with Gasteiger partial charge in [-0.25, -0.2) is 0 Å². The molecule has 0 unspecified atom stereocenters. The van der Waals surface area contributed by atoms with E-state index in [1.54, 1.807) is 0 Å². The van der Waals surface area contributed by atoms with Crippen LogP contribution in [0.25, 0.3) is 0 Å². The fraction of sp³-hybridized carbons (Fsp3) is 0.632. The van der Waals surface area contributed by atoms with Crippen molar-refractivity contribution in [3.05, 3.63) is 23.8 Å². The second-order valence-electron chi connectivity index (χ2n) is 8.62. The molecule has 1 spiro atoms. The van der Waals surface area contributed by atoms with Crippen LogP contribution in [0.5, 0.6) is 0 Å². The highest BCUT2D eigenvalue weighted by molar-refractivity contribution is 5.97. The van der Waals surface area contributed by atoms with Gasteiger partial charge in [0, 0.05) is 12.3 Å². The van der Waals surface area contributed by atoms with Crippen LogP contribution in [-0.2, 0) is 14.4 Å². The topological polar surface area (TPSA) is 112 Å². The van der Waals surface area contributed by atoms with Crippen molar-refractivity contribution in [2.24, 2.45) is 28.6 Å². The summed E-state index contributed by atoms with van der Waals surface area (Å²) in [6.45, 7) is 5.47. The van der Waals surface area contributed by atoms with Gasteiger partial charge in [0.15, 0.2) is 5.78 Å². The lowest BCUT2D eigenvalue weighted by Crippen LogP contribution is -2.47. The maximum Gasteiger partial charge on any atom is 0.310 e. The fourth-order valence-corrected chi connectivity index (χ4v) is 6.38. The number of carbonyl (C=O) groups excluding carboxylic acids is 1. The third-order valence-corrected chi connectivity index (χ3v) is 7.39. The lowest BCUT2D eigenvalue weighted by atomic mass is 9.61. The largest absolute Gasteiger partial charge is 0.481 e. The van der Waals surface area contributed by atoms with Crippen molar-refractivity contribution in [3.63, 3.8) is 0 Å². The number of carbonyl (C=O) groups is 3. The first kappa shape index (κ1) is 16.5. The lowest BCUT2D eigenvalue weighted by Gasteiger charge is -2.41. The van der Waals surface area contributed by atoms with Crippen LogP contribution in [-0.4, -0.2) is 38.6 Å². The smallest absolute Gasteiger partial charge is 0.310 e. The minimum atomic E-state index is -1.43. The van der Waals surface area contributed by atoms with Crippen LogP contribution in [0.4, 0.5) is 0 Å². The van der Waals surface area contributed by atoms with E-state index >= 15 is 0 Å². The average Bonchev–Trinajstić information content (AvgIpc) is 2.86. The molecule has 4 rings (SSSR count). The molecule has 0 amide bonds. The Labute approximate surface area is 145 Å². The lowest BCUT2D eigenvalue weighted by molar-refractivity contribution is -0.161. The van der Waals surface area contributed by atoms with E-state index in [4.69, 9.17) is 0 Å². The van der Waals surface area contributed by atoms with Crippen molar-refractivity contribution in [1.29, 1.82) is 0 Å². The highest BCUT2D eigenvalue weighted by Crippen LogP contribution is 2.72. The minimum Gasteiger partial charge on any atom is -0.481 e. The molecule has 0 aromatic rings. The molecular formula is C19H22O6. The molecule has 3 saturated carbocycles. The van der Waals surface area contributed by atoms with E-state index in [2.05, 4.69) is 6.58 Å². The van der Waals surface area contributed by atoms with Crippen molar-refractivity contribution in [1.82, 2.24) is 0 Å². The van der Waals surface area contributed by atoms with E-state index in [1.807, 2.05) is 0 Å². The number of hydrogen-bond donors (Lipinski definition) is 3. The summed E-state index contributed by atoms with van der Waals surface area (Å²) in [5.41, 5.74) is -1.93. The Balaban J connectivity index is 1.95. The summed E-state index contributed by atoms with van der Waals surface area (Å²) < 4.78 is 0. The van der Waals surface area contributed by atoms with Crippen LogP contribution >= 0.6 is 0 Å². The number of ketones is 1. The van der Waals surface area contributed by atoms with Gasteiger partial charge in [0.1, 0.15) is 0 Å². The number of fused-ring (bicyclic) bond motifs is 3. The predicted octanol–water partition coefficient (Wildman–Crippen LogP) is 1.78. The summed E-state index contributed by atoms with van der Waals surface area (Å²) in [6.07, 6.45) is 3.02. The molecule has 6 atom stereocenters. The third kappa shape index (κ3) is 1.81. The number of allylic oxidation sites excluding steroid dienone is 2. The van der Waals surface area contributed by atoms with Crippen molar-refractivity contribution in [3.8, 4) is 0 Å². The molecule has 25 heavy (non-hydrogen) atoms. The summed E-state index contributed by atoms with van der Waals surface area (Å²) >= 11 is 0. The highest BCUT2D eigenvalue weighted by atomic mass is 16.4. The van der Waals surface area contributed by atoms with Gasteiger partial charge >= 0.3 is 11.9 Å². The molecule has 4 aliphatic carbocycles. The number of rotatable bonds is 2. The Morgan fingerprint density at radius 1 is 1.28 bits per heavy atom. The average molecular weight is 346 g/mol. The molecule has 134 valence electrons. The molecule has 0 aliphatic heterocycles. The Bertz CT molecular complexity index is 766. The second kappa shape index (κ2) is 4.61. The van der Waals surface area contributed by atoms with Crippen molar-refractivity contribution in [2.75, 3.05) is 0 Å². The zero-order valence-corrected chi connectivity index (χ0v) is 14.1. The van der Waals surface area contributed by atoms with Gasteiger partial charge in [-0.2, -0.15) is 0 Å². The van der Waals surface area contributed by atoms with Gasteiger partial charge in [0.05, 0.1) is 16.9 Å². The summed E-state index contributed by atoms with van der Waals surface area (Å²) in [6, 6.07) is 0. The van der Waals surface area contributed by atoms with E-state index in [0.717, 1.165) is 0 Å². The summed E-state index contributed by atoms with van der Waals surface area (Å²) in [4.78, 5) is 36.6. The van der Waals surface area contributed by atoms with Crippen LogP contribution in [0.3, 0.4) is 0 Å². The maximum atomic E-state index is 12.3. The number of hydrogen-bond acceptors (Lipinski definition) is 4. The first-order valence-electron chi connectivity index (χ1n) is 8.66. The molecule has 0 aromatic carbocycles. The summed E-state index contributed by atoms with van der Waals surface area (Å²) in [7, 11) is 0. The third-order valence-electron chi connectivity index (χ3n) is 7.39. The molecule has 0 saturated heterocycles. The maximum absolute atomic E-state index is 12.3. The van der Waals surface area contributed by atoms with Gasteiger partial charge in [-0.3, -0.25) is 14.4 Å². The molecule has 6 heteroatoms. The van der Waals surface area contributed by atoms with E-state index in [1.165, 1.54) is 13.0 Å². The van der Waals surface area contributed by atoms with Gasteiger partial charge in [-0.05, 0) is 55.6 Å². The quantitative estimate of drug-likeness (QED) is 0.657. The zero-order chi connectivity index (χ0) is 18.4. The van der Waals surface area contributed by atoms with Crippen LogP contribution in [0, 0.1) is 28.6 Å². The first-order chi connectivity index (χ1) is 11.5. The number of carboxylic acids is 2. The molecule has 0 radical (unpaired) electrons. The molecule has 0 heterocycles. The molecular weight excluding hydrogens is 324 g/mol. The molecule has 4 aliphatic rings. The van der Waals surface area contributed by atoms with Gasteiger partial charge in [-0.15, -0.1) is 0 Å². The Morgan fingerprint density at radius 3 is 2.56 bits per heavy atom. The van der Waals surface area contributed by atoms with E-state index in [-0.39, 0.29) is 24.5 Å². The minimum absolute atomic E-state index is 0.180. The van der Waals surface area contributed by atoms with Crippen LogP contribution in [0.15, 0.2) is 23.8 Å². The van der Waals surface area contributed by atoms with Crippen molar-refractivity contribution < 1.29 is 29.7 Å². The SMILES string of the molecule is C=C1C[C@]23C[C@@]1(O)CC[C@H]2C1=CC(=O)C[C@@](C)(C(=O)O)[C@H]1[C@@H]3C(=O)O. The molecule has 0 aromatic heterocycles. The standard InChI is InChI=1S/C19H22O6/c1-9-6-18-8-19(9,25)4-3-12(18)11-5-10(20)7-17(2,16(23)24)13(11)14(18)15(21)22/h5,12-14,25H,1,3-4,6-8H2,2H3,(H,21,22)(H,23,24)/t12-,13+,14+,17+,18-,19-/m0/s1. The van der Waals surface area contributed by atoms with Gasteiger partial charge < -0.3 is 15.3 Å². The van der Waals surface area contributed by atoms with Gasteiger partial charge in [0.2, 0.25) is 0 Å². The molecule has 6 nitrogen and oxygen atoms in total. The fourth-order valence-electron chi connectivity index (χ4n) is 6.38. The van der Waals surface area contributed by atoms with Gasteiger partial charge in [0.25, 0.3) is 0 Å². The predicted molar refractivity (Wildman–Crippen MR) is 86.5 cm³/mol. The molecule has 2 bridgehead atoms. The first-order valence-corrected chi connectivity index (χ1v) is 8.66. The van der Waals surface area contributed by atoms with Crippen LogP contribution < -0.4 is 0 Å². The Kier molecular flexibility index (Phi) is 3.04. The monoisotopic (exact) mass is 346 g/mol. The summed E-state index contributed by atoms with van der Waals surface area (Å²) in [5, 5.41) is 30.7. The van der Waals surface area contributed by atoms with Crippen LogP contribution in [0.1, 0.15) is 39.0 Å². The van der Waals surface area contributed by atoms with Gasteiger partial charge in [-0.1, -0.05) is 12.2 Å². The molecule has 3 N–H and O–H groups in total. The second-order valence-corrected chi connectivity index (χ2v) is 8.62. The van der Waals surface area contributed by atoms with E-state index < -0.39 is 40.2 Å². The summed E-state index contributed by atoms with van der Waals surface area (Å²) in [5.74, 6) is -4.26. The Hall–Kier alpha value is -1.95. The Morgan fingerprint density at radius 2 is 1.96 bits per heavy atom. The number of aliphatic carboxylic acids is 2. The highest BCUT2D eigenvalue weighted by Gasteiger charge is 2.72.